The van der Waals surface area contributed by atoms with Crippen molar-refractivity contribution >= 4 is 11.7 Å². The van der Waals surface area contributed by atoms with E-state index in [2.05, 4.69) is 21.3 Å². The lowest BCUT2D eigenvalue weighted by Gasteiger charge is -2.36. The molecular weight excluding hydrogens is 433 g/mol. The third-order valence-electron chi connectivity index (χ3n) is 5.47. The van der Waals surface area contributed by atoms with E-state index in [-0.39, 0.29) is 17.9 Å². The topological polar surface area (TPSA) is 81.5 Å². The Morgan fingerprint density at radius 2 is 1.65 bits per heavy atom. The van der Waals surface area contributed by atoms with E-state index in [4.69, 9.17) is 4.74 Å². The molecule has 4 rings (SSSR count). The molecule has 2 heterocycles. The van der Waals surface area contributed by atoms with E-state index in [1.54, 1.807) is 18.2 Å². The molecule has 8 heteroatoms. The molecule has 3 aromatic rings. The van der Waals surface area contributed by atoms with Crippen LogP contribution in [0.25, 0.3) is 11.3 Å². The van der Waals surface area contributed by atoms with Gasteiger partial charge in [-0.15, -0.1) is 0 Å². The number of halogens is 1. The summed E-state index contributed by atoms with van der Waals surface area (Å²) in [6.45, 7) is 6.44. The van der Waals surface area contributed by atoms with Crippen molar-refractivity contribution in [1.29, 1.82) is 5.26 Å². The van der Waals surface area contributed by atoms with Crippen LogP contribution in [-0.2, 0) is 0 Å². The molecule has 1 N–H and O–H groups in total. The van der Waals surface area contributed by atoms with Gasteiger partial charge < -0.3 is 19.9 Å². The number of amides is 2. The predicted molar refractivity (Wildman–Crippen MR) is 128 cm³/mol. The Kier molecular flexibility index (Phi) is 6.93. The lowest BCUT2D eigenvalue weighted by Crippen LogP contribution is -2.52. The molecule has 0 bridgehead atoms. The number of rotatable bonds is 5. The number of ether oxygens (including phenoxy) is 1. The molecule has 1 aliphatic heterocycles. The second kappa shape index (κ2) is 10.2. The van der Waals surface area contributed by atoms with Gasteiger partial charge in [-0.2, -0.15) is 5.26 Å². The van der Waals surface area contributed by atoms with E-state index < -0.39 is 0 Å². The summed E-state index contributed by atoms with van der Waals surface area (Å²) in [6, 6.07) is 19.1. The maximum atomic E-state index is 13.1. The monoisotopic (exact) mass is 459 g/mol. The van der Waals surface area contributed by atoms with Gasteiger partial charge in [-0.05, 0) is 74.5 Å². The smallest absolute Gasteiger partial charge is 0.317 e. The van der Waals surface area contributed by atoms with Crippen LogP contribution in [0, 0.1) is 17.1 Å². The molecule has 0 saturated carbocycles. The number of benzene rings is 2. The summed E-state index contributed by atoms with van der Waals surface area (Å²) in [7, 11) is 0. The summed E-state index contributed by atoms with van der Waals surface area (Å²) in [4.78, 5) is 20.7. The number of hydrogen-bond acceptors (Lipinski definition) is 5. The fraction of sp³-hybridized carbons (Fsp3) is 0.269. The van der Waals surface area contributed by atoms with Crippen LogP contribution in [0.1, 0.15) is 19.5 Å². The van der Waals surface area contributed by atoms with Gasteiger partial charge in [0.2, 0.25) is 0 Å². The third-order valence-corrected chi connectivity index (χ3v) is 5.47. The molecule has 2 amide bonds. The van der Waals surface area contributed by atoms with Gasteiger partial charge in [0, 0.05) is 43.5 Å². The zero-order valence-electron chi connectivity index (χ0n) is 19.2. The summed E-state index contributed by atoms with van der Waals surface area (Å²) in [5, 5.41) is 12.4. The van der Waals surface area contributed by atoms with E-state index in [0.29, 0.717) is 49.1 Å². The number of nitrogens with one attached hydrogen (secondary N) is 1. The van der Waals surface area contributed by atoms with Crippen LogP contribution in [-0.4, -0.2) is 48.1 Å². The average molecular weight is 460 g/mol. The molecule has 0 unspecified atom stereocenters. The zero-order chi connectivity index (χ0) is 24.1. The fourth-order valence-corrected chi connectivity index (χ4v) is 3.74. The molecule has 0 aliphatic carbocycles. The lowest BCUT2D eigenvalue weighted by molar-refractivity contribution is 0.192. The van der Waals surface area contributed by atoms with E-state index in [1.807, 2.05) is 49.1 Å². The van der Waals surface area contributed by atoms with Gasteiger partial charge in [0.25, 0.3) is 0 Å². The minimum atomic E-state index is -0.317. The number of nitrogens with zero attached hydrogens (tertiary/aromatic N) is 4. The number of nitriles is 1. The van der Waals surface area contributed by atoms with Crippen molar-refractivity contribution in [2.45, 2.75) is 19.9 Å². The summed E-state index contributed by atoms with van der Waals surface area (Å²) in [5.74, 6) is 0.840. The van der Waals surface area contributed by atoms with Crippen LogP contribution in [0.5, 0.6) is 11.5 Å². The molecule has 174 valence electrons. The first kappa shape index (κ1) is 23.1. The lowest BCUT2D eigenvalue weighted by atomic mass is 10.1. The summed E-state index contributed by atoms with van der Waals surface area (Å²) >= 11 is 0. The van der Waals surface area contributed by atoms with Crippen molar-refractivity contribution in [3.05, 3.63) is 72.2 Å². The van der Waals surface area contributed by atoms with E-state index in [9.17, 15) is 14.4 Å². The van der Waals surface area contributed by atoms with Crippen molar-refractivity contribution in [1.82, 2.24) is 15.2 Å². The molecule has 2 aromatic carbocycles. The van der Waals surface area contributed by atoms with Crippen LogP contribution < -0.4 is 15.0 Å². The number of hydrogen-bond donors (Lipinski definition) is 1. The van der Waals surface area contributed by atoms with Gasteiger partial charge in [-0.3, -0.25) is 0 Å². The summed E-state index contributed by atoms with van der Waals surface area (Å²) in [5.41, 5.74) is 2.76. The Balaban J connectivity index is 1.48. The highest BCUT2D eigenvalue weighted by Crippen LogP contribution is 2.28. The maximum absolute atomic E-state index is 13.1. The Bertz CT molecular complexity index is 1180. The minimum Gasteiger partial charge on any atom is -0.457 e. The van der Waals surface area contributed by atoms with Crippen molar-refractivity contribution < 1.29 is 13.9 Å². The van der Waals surface area contributed by atoms with E-state index in [1.165, 1.54) is 12.1 Å². The Hall–Kier alpha value is -4.12. The Morgan fingerprint density at radius 1 is 1.03 bits per heavy atom. The Morgan fingerprint density at radius 3 is 2.24 bits per heavy atom. The number of urea groups is 1. The first-order valence-corrected chi connectivity index (χ1v) is 11.2. The normalized spacial score (nSPS) is 13.5. The molecule has 0 atom stereocenters. The predicted octanol–water partition coefficient (Wildman–Crippen LogP) is 4.79. The first-order valence-electron chi connectivity index (χ1n) is 11.2. The van der Waals surface area contributed by atoms with Crippen LogP contribution >= 0.6 is 0 Å². The maximum Gasteiger partial charge on any atom is 0.317 e. The van der Waals surface area contributed by atoms with E-state index >= 15 is 0 Å². The van der Waals surface area contributed by atoms with Crippen LogP contribution in [0.3, 0.4) is 0 Å². The van der Waals surface area contributed by atoms with Gasteiger partial charge in [-0.25, -0.2) is 14.2 Å². The van der Waals surface area contributed by atoms with Gasteiger partial charge in [-0.1, -0.05) is 0 Å². The molecule has 0 spiro atoms. The molecule has 1 aliphatic rings. The van der Waals surface area contributed by atoms with Crippen molar-refractivity contribution in [3.63, 3.8) is 0 Å². The number of carbonyl (C=O) groups excluding carboxylic acids is 1. The second-order valence-electron chi connectivity index (χ2n) is 8.37. The number of carbonyl (C=O) groups is 1. The Labute approximate surface area is 198 Å². The van der Waals surface area contributed by atoms with Crippen LogP contribution in [0.2, 0.25) is 0 Å². The summed E-state index contributed by atoms with van der Waals surface area (Å²) in [6.07, 6.45) is 0. The van der Waals surface area contributed by atoms with Crippen molar-refractivity contribution in [2.75, 3.05) is 31.1 Å². The van der Waals surface area contributed by atoms with Gasteiger partial charge >= 0.3 is 6.03 Å². The highest BCUT2D eigenvalue weighted by Gasteiger charge is 2.22. The fourth-order valence-electron chi connectivity index (χ4n) is 3.74. The SMILES string of the molecule is CC(C)NC(=O)N1CCN(c2cc(C#N)nc(-c3ccc(Oc4ccc(F)cc4)cc3)c2)CC1. The van der Waals surface area contributed by atoms with Gasteiger partial charge in [0.1, 0.15) is 29.1 Å². The second-order valence-corrected chi connectivity index (χ2v) is 8.37. The van der Waals surface area contributed by atoms with Crippen LogP contribution in [0.4, 0.5) is 14.9 Å². The quantitative estimate of drug-likeness (QED) is 0.593. The number of pyridine rings is 1. The largest absolute Gasteiger partial charge is 0.457 e. The zero-order valence-corrected chi connectivity index (χ0v) is 19.2. The highest BCUT2D eigenvalue weighted by molar-refractivity contribution is 5.75. The molecule has 1 saturated heterocycles. The molecule has 0 radical (unpaired) electrons. The van der Waals surface area contributed by atoms with Crippen LogP contribution in [0.15, 0.2) is 60.7 Å². The first-order chi connectivity index (χ1) is 16.4. The molecule has 7 nitrogen and oxygen atoms in total. The highest BCUT2D eigenvalue weighted by atomic mass is 19.1. The van der Waals surface area contributed by atoms with Gasteiger partial charge in [0.05, 0.1) is 5.69 Å². The average Bonchev–Trinajstić information content (AvgIpc) is 2.85. The molecule has 1 fully saturated rings. The number of anilines is 1. The van der Waals surface area contributed by atoms with Crippen molar-refractivity contribution in [2.24, 2.45) is 0 Å². The number of aromatic nitrogens is 1. The van der Waals surface area contributed by atoms with Gasteiger partial charge in [0.15, 0.2) is 0 Å². The molecular formula is C26H26FN5O2. The van der Waals surface area contributed by atoms with E-state index in [0.717, 1.165) is 11.3 Å². The molecule has 34 heavy (non-hydrogen) atoms. The third kappa shape index (κ3) is 5.62. The minimum absolute atomic E-state index is 0.0503. The summed E-state index contributed by atoms with van der Waals surface area (Å²) < 4.78 is 18.8. The number of piperazine rings is 1. The standard InChI is InChI=1S/C26H26FN5O2/c1-18(2)29-26(33)32-13-11-31(12-14-32)22-15-21(17-28)30-25(16-22)19-3-7-23(8-4-19)34-24-9-5-20(27)6-10-24/h3-10,15-16,18H,11-14H2,1-2H3,(H,29,33). The molecule has 1 aromatic heterocycles. The van der Waals surface area contributed by atoms with Crippen molar-refractivity contribution in [3.8, 4) is 28.8 Å².